The first kappa shape index (κ1) is 15.4. The SMILES string of the molecule is CCC(C)(C)NC(=O)C(C)NCC(C)(C)O. The predicted molar refractivity (Wildman–Crippen MR) is 66.3 cm³/mol. The van der Waals surface area contributed by atoms with Gasteiger partial charge in [-0.15, -0.1) is 0 Å². The van der Waals surface area contributed by atoms with E-state index in [2.05, 4.69) is 10.6 Å². The minimum Gasteiger partial charge on any atom is -0.389 e. The van der Waals surface area contributed by atoms with Crippen molar-refractivity contribution in [1.29, 1.82) is 0 Å². The van der Waals surface area contributed by atoms with Gasteiger partial charge in [-0.05, 0) is 41.0 Å². The summed E-state index contributed by atoms with van der Waals surface area (Å²) in [6.45, 7) is 11.6. The highest BCUT2D eigenvalue weighted by molar-refractivity contribution is 5.81. The maximum absolute atomic E-state index is 11.8. The van der Waals surface area contributed by atoms with Crippen molar-refractivity contribution in [2.24, 2.45) is 0 Å². The highest BCUT2D eigenvalue weighted by atomic mass is 16.3. The van der Waals surface area contributed by atoms with Gasteiger partial charge in [-0.1, -0.05) is 6.92 Å². The molecule has 1 amide bonds. The average Bonchev–Trinajstić information content (AvgIpc) is 2.12. The normalized spacial score (nSPS) is 14.7. The van der Waals surface area contributed by atoms with E-state index >= 15 is 0 Å². The Balaban J connectivity index is 4.10. The first-order chi connectivity index (χ1) is 7.07. The van der Waals surface area contributed by atoms with Gasteiger partial charge in [0.1, 0.15) is 0 Å². The third-order valence-electron chi connectivity index (χ3n) is 2.58. The summed E-state index contributed by atoms with van der Waals surface area (Å²) in [4.78, 5) is 11.8. The molecule has 0 aromatic rings. The molecule has 0 rings (SSSR count). The van der Waals surface area contributed by atoms with Gasteiger partial charge in [0.05, 0.1) is 11.6 Å². The Morgan fingerprint density at radius 1 is 1.31 bits per heavy atom. The van der Waals surface area contributed by atoms with Gasteiger partial charge in [0.2, 0.25) is 5.91 Å². The molecule has 0 fully saturated rings. The molecule has 0 bridgehead atoms. The summed E-state index contributed by atoms with van der Waals surface area (Å²) >= 11 is 0. The van der Waals surface area contributed by atoms with Gasteiger partial charge in [0.25, 0.3) is 0 Å². The second-order valence-corrected chi connectivity index (χ2v) is 5.64. The number of rotatable bonds is 6. The zero-order chi connectivity index (χ0) is 13.0. The number of carbonyl (C=O) groups is 1. The van der Waals surface area contributed by atoms with Crippen LogP contribution in [0.1, 0.15) is 48.0 Å². The van der Waals surface area contributed by atoms with E-state index in [1.54, 1.807) is 20.8 Å². The summed E-state index contributed by atoms with van der Waals surface area (Å²) in [6.07, 6.45) is 0.886. The van der Waals surface area contributed by atoms with E-state index < -0.39 is 5.60 Å². The molecule has 0 spiro atoms. The van der Waals surface area contributed by atoms with Gasteiger partial charge >= 0.3 is 0 Å². The summed E-state index contributed by atoms with van der Waals surface area (Å²) < 4.78 is 0. The third-order valence-corrected chi connectivity index (χ3v) is 2.58. The first-order valence-electron chi connectivity index (χ1n) is 5.85. The van der Waals surface area contributed by atoms with Crippen LogP contribution in [0.25, 0.3) is 0 Å². The Labute approximate surface area is 98.8 Å². The van der Waals surface area contributed by atoms with E-state index in [4.69, 9.17) is 0 Å². The zero-order valence-electron chi connectivity index (χ0n) is 11.3. The van der Waals surface area contributed by atoms with Crippen LogP contribution in [-0.4, -0.2) is 34.7 Å². The molecule has 4 nitrogen and oxygen atoms in total. The fourth-order valence-corrected chi connectivity index (χ4v) is 1.03. The summed E-state index contributed by atoms with van der Waals surface area (Å²) in [6, 6.07) is -0.294. The molecule has 4 heteroatoms. The summed E-state index contributed by atoms with van der Waals surface area (Å²) in [7, 11) is 0. The van der Waals surface area contributed by atoms with E-state index in [0.717, 1.165) is 6.42 Å². The van der Waals surface area contributed by atoms with Crippen LogP contribution >= 0.6 is 0 Å². The van der Waals surface area contributed by atoms with Crippen LogP contribution in [0, 0.1) is 0 Å². The third kappa shape index (κ3) is 6.80. The molecule has 16 heavy (non-hydrogen) atoms. The second-order valence-electron chi connectivity index (χ2n) is 5.64. The van der Waals surface area contributed by atoms with Gasteiger partial charge in [-0.3, -0.25) is 4.79 Å². The quantitative estimate of drug-likeness (QED) is 0.639. The number of nitrogens with one attached hydrogen (secondary N) is 2. The van der Waals surface area contributed by atoms with Crippen LogP contribution in [0.2, 0.25) is 0 Å². The molecular weight excluding hydrogens is 204 g/mol. The molecule has 0 aliphatic carbocycles. The molecule has 0 aliphatic heterocycles. The van der Waals surface area contributed by atoms with Crippen molar-refractivity contribution in [2.75, 3.05) is 6.54 Å². The topological polar surface area (TPSA) is 61.4 Å². The van der Waals surface area contributed by atoms with Gasteiger partial charge in [0.15, 0.2) is 0 Å². The molecule has 3 N–H and O–H groups in total. The maximum Gasteiger partial charge on any atom is 0.237 e. The Morgan fingerprint density at radius 3 is 2.19 bits per heavy atom. The maximum atomic E-state index is 11.8. The zero-order valence-corrected chi connectivity index (χ0v) is 11.3. The standard InChI is InChI=1S/C12H26N2O2/c1-7-11(3,4)14-10(15)9(2)13-8-12(5,6)16/h9,13,16H,7-8H2,1-6H3,(H,14,15). The van der Waals surface area contributed by atoms with Crippen molar-refractivity contribution in [3.05, 3.63) is 0 Å². The predicted octanol–water partition coefficient (Wildman–Crippen LogP) is 1.04. The van der Waals surface area contributed by atoms with E-state index in [9.17, 15) is 9.90 Å². The molecule has 0 radical (unpaired) electrons. The number of amides is 1. The minimum atomic E-state index is -0.797. The molecule has 0 saturated heterocycles. The van der Waals surface area contributed by atoms with Crippen molar-refractivity contribution in [1.82, 2.24) is 10.6 Å². The van der Waals surface area contributed by atoms with Crippen molar-refractivity contribution in [3.8, 4) is 0 Å². The van der Waals surface area contributed by atoms with Crippen LogP contribution in [0.15, 0.2) is 0 Å². The number of hydrogen-bond donors (Lipinski definition) is 3. The summed E-state index contributed by atoms with van der Waals surface area (Å²) in [5.74, 6) is -0.0314. The van der Waals surface area contributed by atoms with Gasteiger partial charge in [0, 0.05) is 12.1 Å². The molecule has 96 valence electrons. The Hall–Kier alpha value is -0.610. The molecule has 0 saturated carbocycles. The summed E-state index contributed by atoms with van der Waals surface area (Å²) in [5.41, 5.74) is -0.976. The minimum absolute atomic E-state index is 0.0314. The molecular formula is C12H26N2O2. The van der Waals surface area contributed by atoms with Crippen LogP contribution in [0.5, 0.6) is 0 Å². The van der Waals surface area contributed by atoms with Crippen LogP contribution in [0.3, 0.4) is 0 Å². The highest BCUT2D eigenvalue weighted by Crippen LogP contribution is 2.07. The van der Waals surface area contributed by atoms with Gasteiger partial charge in [-0.2, -0.15) is 0 Å². The van der Waals surface area contributed by atoms with Crippen molar-refractivity contribution in [3.63, 3.8) is 0 Å². The molecule has 1 atom stereocenters. The Bertz CT molecular complexity index is 232. The number of aliphatic hydroxyl groups is 1. The molecule has 0 aromatic heterocycles. The lowest BCUT2D eigenvalue weighted by Crippen LogP contribution is -2.52. The smallest absolute Gasteiger partial charge is 0.237 e. The molecule has 0 heterocycles. The van der Waals surface area contributed by atoms with Gasteiger partial charge in [-0.25, -0.2) is 0 Å². The van der Waals surface area contributed by atoms with E-state index in [0.29, 0.717) is 6.54 Å². The second kappa shape index (κ2) is 5.64. The Kier molecular flexibility index (Phi) is 5.42. The van der Waals surface area contributed by atoms with E-state index in [1.165, 1.54) is 0 Å². The largest absolute Gasteiger partial charge is 0.389 e. The summed E-state index contributed by atoms with van der Waals surface area (Å²) in [5, 5.41) is 15.5. The molecule has 0 aliphatic rings. The van der Waals surface area contributed by atoms with Crippen LogP contribution in [-0.2, 0) is 4.79 Å². The van der Waals surface area contributed by atoms with Crippen molar-refractivity contribution in [2.45, 2.75) is 65.1 Å². The lowest BCUT2D eigenvalue weighted by atomic mass is 10.0. The van der Waals surface area contributed by atoms with Crippen molar-refractivity contribution >= 4 is 5.91 Å². The first-order valence-corrected chi connectivity index (χ1v) is 5.85. The lowest BCUT2D eigenvalue weighted by Gasteiger charge is -2.28. The Morgan fingerprint density at radius 2 is 1.81 bits per heavy atom. The highest BCUT2D eigenvalue weighted by Gasteiger charge is 2.22. The van der Waals surface area contributed by atoms with Gasteiger partial charge < -0.3 is 15.7 Å². The molecule has 0 aromatic carbocycles. The van der Waals surface area contributed by atoms with Crippen LogP contribution < -0.4 is 10.6 Å². The van der Waals surface area contributed by atoms with E-state index in [-0.39, 0.29) is 17.5 Å². The van der Waals surface area contributed by atoms with Crippen LogP contribution in [0.4, 0.5) is 0 Å². The van der Waals surface area contributed by atoms with E-state index in [1.807, 2.05) is 20.8 Å². The average molecular weight is 230 g/mol. The lowest BCUT2D eigenvalue weighted by molar-refractivity contribution is -0.124. The monoisotopic (exact) mass is 230 g/mol. The fraction of sp³-hybridized carbons (Fsp3) is 0.917. The number of carbonyl (C=O) groups excluding carboxylic acids is 1. The van der Waals surface area contributed by atoms with Crippen molar-refractivity contribution < 1.29 is 9.90 Å². The number of hydrogen-bond acceptors (Lipinski definition) is 3. The molecule has 1 unspecified atom stereocenters. The fourth-order valence-electron chi connectivity index (χ4n) is 1.03.